The van der Waals surface area contributed by atoms with Gasteiger partial charge < -0.3 is 19.7 Å². The van der Waals surface area contributed by atoms with Crippen molar-refractivity contribution in [3.8, 4) is 0 Å². The number of carbonyl (C=O) groups is 4. The molecule has 1 unspecified atom stereocenters. The zero-order valence-electron chi connectivity index (χ0n) is 16.7. The van der Waals surface area contributed by atoms with Crippen LogP contribution in [0.4, 0.5) is 5.69 Å². The SMILES string of the molecule is COC(=O)c1cc(NC(=O)C2CCCCN2C(=O)c2cccs2)cc(C(=O)OC)c1. The van der Waals surface area contributed by atoms with E-state index in [2.05, 4.69) is 5.32 Å². The summed E-state index contributed by atoms with van der Waals surface area (Å²) in [6.07, 6.45) is 2.18. The normalized spacial score (nSPS) is 15.9. The maximum absolute atomic E-state index is 13.0. The molecule has 1 N–H and O–H groups in total. The Morgan fingerprint density at radius 2 is 1.70 bits per heavy atom. The van der Waals surface area contributed by atoms with E-state index in [1.807, 2.05) is 5.38 Å². The van der Waals surface area contributed by atoms with Crippen LogP contribution in [0.25, 0.3) is 0 Å². The number of likely N-dealkylation sites (tertiary alicyclic amines) is 1. The number of hydrogen-bond donors (Lipinski definition) is 1. The second-order valence-electron chi connectivity index (χ2n) is 6.76. The molecule has 0 radical (unpaired) electrons. The maximum atomic E-state index is 13.0. The predicted molar refractivity (Wildman–Crippen MR) is 111 cm³/mol. The number of ether oxygens (including phenoxy) is 2. The van der Waals surface area contributed by atoms with Crippen LogP contribution in [0.15, 0.2) is 35.7 Å². The van der Waals surface area contributed by atoms with E-state index in [9.17, 15) is 19.2 Å². The monoisotopic (exact) mass is 430 g/mol. The van der Waals surface area contributed by atoms with Gasteiger partial charge in [0.25, 0.3) is 5.91 Å². The van der Waals surface area contributed by atoms with Gasteiger partial charge in [-0.15, -0.1) is 11.3 Å². The molecule has 0 spiro atoms. The number of thiophene rings is 1. The highest BCUT2D eigenvalue weighted by molar-refractivity contribution is 7.12. The fraction of sp³-hybridized carbons (Fsp3) is 0.333. The second kappa shape index (κ2) is 9.53. The lowest BCUT2D eigenvalue weighted by Gasteiger charge is -2.34. The van der Waals surface area contributed by atoms with Gasteiger partial charge in [-0.3, -0.25) is 9.59 Å². The number of nitrogens with zero attached hydrogens (tertiary/aromatic N) is 1. The van der Waals surface area contributed by atoms with Crippen LogP contribution in [0.5, 0.6) is 0 Å². The molecule has 3 rings (SSSR count). The number of esters is 2. The Labute approximate surface area is 177 Å². The first-order chi connectivity index (χ1) is 14.4. The zero-order valence-corrected chi connectivity index (χ0v) is 17.5. The third kappa shape index (κ3) is 4.68. The Bertz CT molecular complexity index is 922. The molecule has 2 aromatic rings. The highest BCUT2D eigenvalue weighted by atomic mass is 32.1. The van der Waals surface area contributed by atoms with Crippen LogP contribution >= 0.6 is 11.3 Å². The Hall–Kier alpha value is -3.20. The van der Waals surface area contributed by atoms with Crippen LogP contribution in [0.2, 0.25) is 0 Å². The lowest BCUT2D eigenvalue weighted by molar-refractivity contribution is -0.121. The van der Waals surface area contributed by atoms with Crippen molar-refractivity contribution in [1.29, 1.82) is 0 Å². The molecular formula is C21H22N2O6S. The summed E-state index contributed by atoms with van der Waals surface area (Å²) < 4.78 is 9.43. The molecule has 0 bridgehead atoms. The summed E-state index contributed by atoms with van der Waals surface area (Å²) in [6.45, 7) is 0.491. The van der Waals surface area contributed by atoms with Gasteiger partial charge in [0.05, 0.1) is 30.2 Å². The zero-order chi connectivity index (χ0) is 21.7. The highest BCUT2D eigenvalue weighted by Gasteiger charge is 2.33. The first kappa shape index (κ1) is 21.5. The molecule has 8 nitrogen and oxygen atoms in total. The fourth-order valence-electron chi connectivity index (χ4n) is 3.39. The topological polar surface area (TPSA) is 102 Å². The van der Waals surface area contributed by atoms with Gasteiger partial charge in [0, 0.05) is 12.2 Å². The van der Waals surface area contributed by atoms with E-state index in [-0.39, 0.29) is 28.6 Å². The number of methoxy groups -OCH3 is 2. The largest absolute Gasteiger partial charge is 0.465 e. The lowest BCUT2D eigenvalue weighted by atomic mass is 10.0. The maximum Gasteiger partial charge on any atom is 0.337 e. The van der Waals surface area contributed by atoms with Gasteiger partial charge in [-0.2, -0.15) is 0 Å². The van der Waals surface area contributed by atoms with Crippen molar-refractivity contribution in [1.82, 2.24) is 4.90 Å². The summed E-state index contributed by atoms with van der Waals surface area (Å²) in [5.41, 5.74) is 0.453. The predicted octanol–water partition coefficient (Wildman–Crippen LogP) is 2.95. The number of nitrogens with one attached hydrogen (secondary N) is 1. The molecule has 158 valence electrons. The quantitative estimate of drug-likeness (QED) is 0.732. The second-order valence-corrected chi connectivity index (χ2v) is 7.71. The van der Waals surface area contributed by atoms with Crippen LogP contribution in [-0.4, -0.2) is 55.5 Å². The minimum atomic E-state index is -0.650. The fourth-order valence-corrected chi connectivity index (χ4v) is 4.06. The average Bonchev–Trinajstić information content (AvgIpc) is 3.32. The van der Waals surface area contributed by atoms with Gasteiger partial charge in [0.2, 0.25) is 5.91 Å². The Balaban J connectivity index is 1.85. The van der Waals surface area contributed by atoms with E-state index in [0.29, 0.717) is 17.8 Å². The van der Waals surface area contributed by atoms with Crippen molar-refractivity contribution in [2.45, 2.75) is 25.3 Å². The Morgan fingerprint density at radius 3 is 2.27 bits per heavy atom. The van der Waals surface area contributed by atoms with E-state index in [1.165, 1.54) is 43.8 Å². The van der Waals surface area contributed by atoms with Crippen molar-refractivity contribution in [3.05, 3.63) is 51.7 Å². The minimum absolute atomic E-state index is 0.103. The van der Waals surface area contributed by atoms with Gasteiger partial charge >= 0.3 is 11.9 Å². The number of piperidine rings is 1. The standard InChI is InChI=1S/C21H22N2O6S/c1-28-20(26)13-10-14(21(27)29-2)12-15(11-13)22-18(24)16-6-3-4-8-23(16)19(25)17-7-5-9-30-17/h5,7,9-12,16H,3-4,6,8H2,1-2H3,(H,22,24). The summed E-state index contributed by atoms with van der Waals surface area (Å²) in [4.78, 5) is 51.9. The average molecular weight is 430 g/mol. The molecular weight excluding hydrogens is 408 g/mol. The lowest BCUT2D eigenvalue weighted by Crippen LogP contribution is -2.49. The summed E-state index contributed by atoms with van der Waals surface area (Å²) >= 11 is 1.33. The van der Waals surface area contributed by atoms with Crippen molar-refractivity contribution < 1.29 is 28.7 Å². The number of amides is 2. The van der Waals surface area contributed by atoms with E-state index in [4.69, 9.17) is 9.47 Å². The van der Waals surface area contributed by atoms with Crippen molar-refractivity contribution in [3.63, 3.8) is 0 Å². The number of benzene rings is 1. The Kier molecular flexibility index (Phi) is 6.83. The Morgan fingerprint density at radius 1 is 1.03 bits per heavy atom. The summed E-state index contributed by atoms with van der Waals surface area (Å²) in [5, 5.41) is 4.55. The molecule has 30 heavy (non-hydrogen) atoms. The summed E-state index contributed by atoms with van der Waals surface area (Å²) in [5.74, 6) is -1.85. The molecule has 0 saturated carbocycles. The molecule has 2 amide bonds. The van der Waals surface area contributed by atoms with Crippen LogP contribution in [0, 0.1) is 0 Å². The van der Waals surface area contributed by atoms with Crippen LogP contribution < -0.4 is 5.32 Å². The first-order valence-corrected chi connectivity index (χ1v) is 10.3. The highest BCUT2D eigenvalue weighted by Crippen LogP contribution is 2.24. The van der Waals surface area contributed by atoms with Crippen molar-refractivity contribution in [2.75, 3.05) is 26.1 Å². The summed E-state index contributed by atoms with van der Waals surface area (Å²) in [6, 6.07) is 7.06. The van der Waals surface area contributed by atoms with Crippen molar-refractivity contribution >= 4 is 40.8 Å². The van der Waals surface area contributed by atoms with E-state index < -0.39 is 18.0 Å². The number of carbonyl (C=O) groups excluding carboxylic acids is 4. The van der Waals surface area contributed by atoms with Gasteiger partial charge in [-0.1, -0.05) is 6.07 Å². The molecule has 9 heteroatoms. The molecule has 1 aromatic heterocycles. The van der Waals surface area contributed by atoms with Gasteiger partial charge in [-0.25, -0.2) is 9.59 Å². The molecule has 1 aromatic carbocycles. The van der Waals surface area contributed by atoms with Crippen LogP contribution in [0.1, 0.15) is 49.7 Å². The first-order valence-electron chi connectivity index (χ1n) is 9.41. The molecule has 1 atom stereocenters. The summed E-state index contributed by atoms with van der Waals surface area (Å²) in [7, 11) is 2.45. The van der Waals surface area contributed by atoms with Crippen molar-refractivity contribution in [2.24, 2.45) is 0 Å². The third-order valence-corrected chi connectivity index (χ3v) is 5.70. The molecule has 1 aliphatic rings. The number of anilines is 1. The van der Waals surface area contributed by atoms with Gasteiger partial charge in [-0.05, 0) is 48.9 Å². The van der Waals surface area contributed by atoms with E-state index >= 15 is 0 Å². The van der Waals surface area contributed by atoms with Crippen LogP contribution in [0.3, 0.4) is 0 Å². The molecule has 1 fully saturated rings. The van der Waals surface area contributed by atoms with Gasteiger partial charge in [0.1, 0.15) is 6.04 Å². The molecule has 1 aliphatic heterocycles. The minimum Gasteiger partial charge on any atom is -0.465 e. The van der Waals surface area contributed by atoms with E-state index in [0.717, 1.165) is 12.8 Å². The third-order valence-electron chi connectivity index (χ3n) is 4.84. The van der Waals surface area contributed by atoms with Gasteiger partial charge in [0.15, 0.2) is 0 Å². The molecule has 1 saturated heterocycles. The van der Waals surface area contributed by atoms with E-state index in [1.54, 1.807) is 17.0 Å². The smallest absolute Gasteiger partial charge is 0.337 e. The number of hydrogen-bond acceptors (Lipinski definition) is 7. The molecule has 2 heterocycles. The number of rotatable bonds is 5. The van der Waals surface area contributed by atoms with Crippen LogP contribution in [-0.2, 0) is 14.3 Å². The molecule has 0 aliphatic carbocycles.